The van der Waals surface area contributed by atoms with E-state index in [4.69, 9.17) is 4.74 Å². The van der Waals surface area contributed by atoms with Gasteiger partial charge in [0.25, 0.3) is 0 Å². The Kier molecular flexibility index (Phi) is 6.63. The van der Waals surface area contributed by atoms with E-state index in [1.165, 1.54) is 0 Å². The normalized spacial score (nSPS) is 11.2. The number of amides is 2. The highest BCUT2D eigenvalue weighted by Gasteiger charge is 2.16. The van der Waals surface area contributed by atoms with E-state index in [0.717, 1.165) is 11.3 Å². The van der Waals surface area contributed by atoms with Crippen LogP contribution in [0.2, 0.25) is 0 Å². The molecule has 140 valence electrons. The van der Waals surface area contributed by atoms with E-state index in [-0.39, 0.29) is 11.8 Å². The highest BCUT2D eigenvalue weighted by Crippen LogP contribution is 2.15. The first kappa shape index (κ1) is 19.8. The standard InChI is InChI=1S/C19H24N2O4S/c1-14(2)26(23,24)13-15-7-9-17(10-8-15)21-19(22)20-12-16-5-4-6-18(11-16)25-3/h4-11,14H,12-13H2,1-3H3,(H2,20,21,22). The number of methoxy groups -OCH3 is 1. The fourth-order valence-corrected chi connectivity index (χ4v) is 3.21. The molecule has 0 saturated carbocycles. The molecule has 0 aliphatic rings. The fraction of sp³-hybridized carbons (Fsp3) is 0.316. The van der Waals surface area contributed by atoms with Gasteiger partial charge in [-0.1, -0.05) is 24.3 Å². The molecule has 0 heterocycles. The summed E-state index contributed by atoms with van der Waals surface area (Å²) in [5.74, 6) is 0.726. The van der Waals surface area contributed by atoms with E-state index < -0.39 is 15.1 Å². The summed E-state index contributed by atoms with van der Waals surface area (Å²) >= 11 is 0. The van der Waals surface area contributed by atoms with E-state index in [9.17, 15) is 13.2 Å². The summed E-state index contributed by atoms with van der Waals surface area (Å²) in [5.41, 5.74) is 2.22. The molecule has 0 aliphatic heterocycles. The first-order valence-electron chi connectivity index (χ1n) is 8.28. The van der Waals surface area contributed by atoms with Crippen LogP contribution in [0, 0.1) is 0 Å². The summed E-state index contributed by atoms with van der Waals surface area (Å²) in [7, 11) is -1.55. The molecule has 2 aromatic carbocycles. The van der Waals surface area contributed by atoms with Crippen LogP contribution in [0.15, 0.2) is 48.5 Å². The lowest BCUT2D eigenvalue weighted by Crippen LogP contribution is -2.28. The number of sulfone groups is 1. The molecule has 0 bridgehead atoms. The lowest BCUT2D eigenvalue weighted by atomic mass is 10.2. The minimum absolute atomic E-state index is 0.00696. The molecule has 2 N–H and O–H groups in total. The van der Waals surface area contributed by atoms with Crippen molar-refractivity contribution in [3.8, 4) is 5.75 Å². The third-order valence-corrected chi connectivity index (χ3v) is 6.06. The van der Waals surface area contributed by atoms with Gasteiger partial charge in [0.05, 0.1) is 18.1 Å². The van der Waals surface area contributed by atoms with E-state index in [1.54, 1.807) is 45.2 Å². The van der Waals surface area contributed by atoms with Gasteiger partial charge in [0.2, 0.25) is 0 Å². The molecule has 7 heteroatoms. The van der Waals surface area contributed by atoms with Gasteiger partial charge in [-0.25, -0.2) is 13.2 Å². The van der Waals surface area contributed by atoms with Crippen LogP contribution in [0.25, 0.3) is 0 Å². The number of hydrogen-bond donors (Lipinski definition) is 2. The van der Waals surface area contributed by atoms with Crippen molar-refractivity contribution in [1.29, 1.82) is 0 Å². The van der Waals surface area contributed by atoms with Crippen LogP contribution in [0.5, 0.6) is 5.75 Å². The predicted octanol–water partition coefficient (Wildman–Crippen LogP) is 3.34. The van der Waals surface area contributed by atoms with Gasteiger partial charge in [-0.15, -0.1) is 0 Å². The van der Waals surface area contributed by atoms with Crippen LogP contribution < -0.4 is 15.4 Å². The second-order valence-electron chi connectivity index (χ2n) is 6.21. The Morgan fingerprint density at radius 1 is 1.08 bits per heavy atom. The summed E-state index contributed by atoms with van der Waals surface area (Å²) < 4.78 is 29.0. The van der Waals surface area contributed by atoms with E-state index in [0.29, 0.717) is 17.8 Å². The average Bonchev–Trinajstić information content (AvgIpc) is 2.61. The number of carbonyl (C=O) groups excluding carboxylic acids is 1. The van der Waals surface area contributed by atoms with Crippen LogP contribution in [-0.2, 0) is 22.1 Å². The van der Waals surface area contributed by atoms with E-state index >= 15 is 0 Å². The molecule has 0 aromatic heterocycles. The SMILES string of the molecule is COc1cccc(CNC(=O)Nc2ccc(CS(=O)(=O)C(C)C)cc2)c1. The molecule has 0 atom stereocenters. The molecule has 6 nitrogen and oxygen atoms in total. The van der Waals surface area contributed by atoms with Crippen molar-refractivity contribution < 1.29 is 17.9 Å². The van der Waals surface area contributed by atoms with Crippen molar-refractivity contribution in [2.45, 2.75) is 31.4 Å². The van der Waals surface area contributed by atoms with Gasteiger partial charge in [-0.05, 0) is 49.2 Å². The van der Waals surface area contributed by atoms with Crippen molar-refractivity contribution >= 4 is 21.6 Å². The number of anilines is 1. The van der Waals surface area contributed by atoms with Crippen LogP contribution in [0.4, 0.5) is 10.5 Å². The summed E-state index contributed by atoms with van der Waals surface area (Å²) in [5, 5.41) is 5.07. The minimum Gasteiger partial charge on any atom is -0.497 e. The van der Waals surface area contributed by atoms with Crippen LogP contribution >= 0.6 is 0 Å². The van der Waals surface area contributed by atoms with Gasteiger partial charge in [0.1, 0.15) is 5.75 Å². The van der Waals surface area contributed by atoms with E-state index in [2.05, 4.69) is 10.6 Å². The number of nitrogens with one attached hydrogen (secondary N) is 2. The van der Waals surface area contributed by atoms with Gasteiger partial charge in [-0.2, -0.15) is 0 Å². The molecule has 0 aliphatic carbocycles. The number of ether oxygens (including phenoxy) is 1. The maximum Gasteiger partial charge on any atom is 0.319 e. The monoisotopic (exact) mass is 376 g/mol. The Bertz CT molecular complexity index is 846. The summed E-state index contributed by atoms with van der Waals surface area (Å²) in [6, 6.07) is 13.9. The summed E-state index contributed by atoms with van der Waals surface area (Å²) in [4.78, 5) is 12.0. The molecule has 2 rings (SSSR count). The van der Waals surface area contributed by atoms with Crippen molar-refractivity contribution in [3.05, 3.63) is 59.7 Å². The highest BCUT2D eigenvalue weighted by atomic mass is 32.2. The van der Waals surface area contributed by atoms with Gasteiger partial charge in [0.15, 0.2) is 9.84 Å². The van der Waals surface area contributed by atoms with E-state index in [1.807, 2.05) is 24.3 Å². The zero-order valence-corrected chi connectivity index (χ0v) is 16.0. The lowest BCUT2D eigenvalue weighted by molar-refractivity contribution is 0.251. The Hall–Kier alpha value is -2.54. The zero-order valence-electron chi connectivity index (χ0n) is 15.2. The summed E-state index contributed by atoms with van der Waals surface area (Å²) in [6.07, 6.45) is 0. The lowest BCUT2D eigenvalue weighted by Gasteiger charge is -2.10. The van der Waals surface area contributed by atoms with Crippen molar-refractivity contribution in [1.82, 2.24) is 5.32 Å². The Labute approximate surface area is 154 Å². The molecular formula is C19H24N2O4S. The van der Waals surface area contributed by atoms with Crippen molar-refractivity contribution in [2.75, 3.05) is 12.4 Å². The maximum atomic E-state index is 12.0. The zero-order chi connectivity index (χ0) is 19.2. The van der Waals surface area contributed by atoms with Crippen molar-refractivity contribution in [3.63, 3.8) is 0 Å². The molecule has 0 spiro atoms. The quantitative estimate of drug-likeness (QED) is 0.776. The third-order valence-electron chi connectivity index (χ3n) is 3.89. The molecule has 0 fully saturated rings. The largest absolute Gasteiger partial charge is 0.497 e. The highest BCUT2D eigenvalue weighted by molar-refractivity contribution is 7.91. The predicted molar refractivity (Wildman–Crippen MR) is 103 cm³/mol. The van der Waals surface area contributed by atoms with Crippen LogP contribution in [0.1, 0.15) is 25.0 Å². The molecule has 0 unspecified atom stereocenters. The van der Waals surface area contributed by atoms with Gasteiger partial charge >= 0.3 is 6.03 Å². The van der Waals surface area contributed by atoms with Crippen molar-refractivity contribution in [2.24, 2.45) is 0 Å². The molecule has 2 aromatic rings. The first-order chi connectivity index (χ1) is 12.3. The number of benzene rings is 2. The van der Waals surface area contributed by atoms with Crippen LogP contribution in [0.3, 0.4) is 0 Å². The second kappa shape index (κ2) is 8.71. The smallest absolute Gasteiger partial charge is 0.319 e. The average molecular weight is 376 g/mol. The van der Waals surface area contributed by atoms with Crippen LogP contribution in [-0.4, -0.2) is 26.8 Å². The second-order valence-corrected chi connectivity index (χ2v) is 8.77. The first-order valence-corrected chi connectivity index (χ1v) is 10.00. The molecule has 26 heavy (non-hydrogen) atoms. The number of carbonyl (C=O) groups is 1. The van der Waals surface area contributed by atoms with Gasteiger partial charge in [-0.3, -0.25) is 0 Å². The Morgan fingerprint density at radius 3 is 2.38 bits per heavy atom. The van der Waals surface area contributed by atoms with Gasteiger partial charge < -0.3 is 15.4 Å². The Morgan fingerprint density at radius 2 is 1.77 bits per heavy atom. The number of rotatable bonds is 7. The molecule has 0 radical (unpaired) electrons. The third kappa shape index (κ3) is 5.77. The Balaban J connectivity index is 1.89. The minimum atomic E-state index is -3.14. The number of urea groups is 1. The topological polar surface area (TPSA) is 84.5 Å². The molecule has 2 amide bonds. The van der Waals surface area contributed by atoms with Gasteiger partial charge in [0, 0.05) is 12.2 Å². The maximum absolute atomic E-state index is 12.0. The summed E-state index contributed by atoms with van der Waals surface area (Å²) in [6.45, 7) is 3.70. The molecule has 0 saturated heterocycles. The number of hydrogen-bond acceptors (Lipinski definition) is 4. The fourth-order valence-electron chi connectivity index (χ4n) is 2.22. The molecular weight excluding hydrogens is 352 g/mol.